The molecule has 0 spiro atoms. The lowest BCUT2D eigenvalue weighted by atomic mass is 9.98. The van der Waals surface area contributed by atoms with Crippen LogP contribution in [0.4, 0.5) is 0 Å². The predicted octanol–water partition coefficient (Wildman–Crippen LogP) is 5.06. The number of benzene rings is 3. The highest BCUT2D eigenvalue weighted by Gasteiger charge is 2.36. The number of hydrogen-bond acceptors (Lipinski definition) is 5. The SMILES string of the molecule is CN(CCc1ccncc1)C(=O)[C@@H](Cc1ccccc1)N(C)C(=O)[C@@H](Cc1ccc2ccccc2c1)N(C)C(=O)/C=C/CC(C)(C)N. The van der Waals surface area contributed by atoms with E-state index in [0.29, 0.717) is 25.8 Å². The molecule has 1 aromatic heterocycles. The molecule has 0 unspecified atom stereocenters. The summed E-state index contributed by atoms with van der Waals surface area (Å²) < 4.78 is 0. The van der Waals surface area contributed by atoms with Gasteiger partial charge >= 0.3 is 0 Å². The van der Waals surface area contributed by atoms with E-state index in [0.717, 1.165) is 27.5 Å². The molecule has 4 aromatic rings. The molecule has 1 heterocycles. The van der Waals surface area contributed by atoms with Crippen LogP contribution >= 0.6 is 0 Å². The zero-order valence-electron chi connectivity index (χ0n) is 28.2. The Bertz CT molecular complexity index is 1670. The van der Waals surface area contributed by atoms with Crippen molar-refractivity contribution < 1.29 is 14.4 Å². The van der Waals surface area contributed by atoms with E-state index in [1.54, 1.807) is 44.5 Å². The van der Waals surface area contributed by atoms with E-state index in [1.807, 2.05) is 92.7 Å². The first-order valence-electron chi connectivity index (χ1n) is 16.1. The fraction of sp³-hybridized carbons (Fsp3) is 0.333. The molecule has 0 aliphatic carbocycles. The summed E-state index contributed by atoms with van der Waals surface area (Å²) in [4.78, 5) is 50.9. The van der Waals surface area contributed by atoms with Gasteiger partial charge in [0, 0.05) is 58.5 Å². The molecule has 2 N–H and O–H groups in total. The van der Waals surface area contributed by atoms with Crippen molar-refractivity contribution in [2.24, 2.45) is 5.73 Å². The Kier molecular flexibility index (Phi) is 12.0. The largest absolute Gasteiger partial charge is 0.344 e. The van der Waals surface area contributed by atoms with Crippen LogP contribution in [0, 0.1) is 0 Å². The highest BCUT2D eigenvalue weighted by Crippen LogP contribution is 2.21. The van der Waals surface area contributed by atoms with E-state index < -0.39 is 17.6 Å². The number of nitrogens with two attached hydrogens (primary N) is 1. The van der Waals surface area contributed by atoms with Gasteiger partial charge in [0.15, 0.2) is 0 Å². The van der Waals surface area contributed by atoms with Crippen molar-refractivity contribution in [1.82, 2.24) is 19.7 Å². The van der Waals surface area contributed by atoms with Crippen molar-refractivity contribution in [1.29, 1.82) is 0 Å². The van der Waals surface area contributed by atoms with E-state index in [1.165, 1.54) is 15.9 Å². The second-order valence-corrected chi connectivity index (χ2v) is 13.0. The Morgan fingerprint density at radius 1 is 0.745 bits per heavy atom. The maximum absolute atomic E-state index is 14.5. The summed E-state index contributed by atoms with van der Waals surface area (Å²) in [5.41, 5.74) is 8.59. The highest BCUT2D eigenvalue weighted by atomic mass is 16.2. The van der Waals surface area contributed by atoms with Gasteiger partial charge in [-0.2, -0.15) is 0 Å². The van der Waals surface area contributed by atoms with Crippen molar-refractivity contribution in [3.8, 4) is 0 Å². The molecule has 246 valence electrons. The number of carbonyl (C=O) groups excluding carboxylic acids is 3. The quantitative estimate of drug-likeness (QED) is 0.196. The summed E-state index contributed by atoms with van der Waals surface area (Å²) in [5, 5.41) is 2.15. The monoisotopic (exact) mass is 633 g/mol. The van der Waals surface area contributed by atoms with E-state index >= 15 is 0 Å². The van der Waals surface area contributed by atoms with Gasteiger partial charge in [-0.3, -0.25) is 19.4 Å². The topological polar surface area (TPSA) is 99.8 Å². The average Bonchev–Trinajstić information content (AvgIpc) is 3.07. The van der Waals surface area contributed by atoms with Gasteiger partial charge in [0.1, 0.15) is 12.1 Å². The number of rotatable bonds is 14. The van der Waals surface area contributed by atoms with Gasteiger partial charge in [-0.1, -0.05) is 78.9 Å². The summed E-state index contributed by atoms with van der Waals surface area (Å²) in [6.45, 7) is 4.27. The Balaban J connectivity index is 1.64. The third-order valence-electron chi connectivity index (χ3n) is 8.48. The summed E-state index contributed by atoms with van der Waals surface area (Å²) in [7, 11) is 5.08. The van der Waals surface area contributed by atoms with E-state index in [-0.39, 0.29) is 24.1 Å². The fourth-order valence-electron chi connectivity index (χ4n) is 5.54. The second kappa shape index (κ2) is 16.1. The lowest BCUT2D eigenvalue weighted by molar-refractivity contribution is -0.148. The van der Waals surface area contributed by atoms with E-state index in [2.05, 4.69) is 11.1 Å². The fourth-order valence-corrected chi connectivity index (χ4v) is 5.54. The van der Waals surface area contributed by atoms with Crippen molar-refractivity contribution in [2.45, 2.75) is 57.2 Å². The minimum Gasteiger partial charge on any atom is -0.344 e. The molecular formula is C39H47N5O3. The molecule has 0 saturated carbocycles. The predicted molar refractivity (Wildman–Crippen MR) is 189 cm³/mol. The zero-order chi connectivity index (χ0) is 34.0. The number of likely N-dealkylation sites (N-methyl/N-ethyl adjacent to an activating group) is 3. The molecule has 2 atom stereocenters. The van der Waals surface area contributed by atoms with E-state index in [9.17, 15) is 14.4 Å². The standard InChI is InChI=1S/C39H47N5O3/c1-39(2,40)22-11-16-36(45)43(4)35(28-31-17-18-32-14-9-10-15-33(32)26-31)38(47)44(5)34(27-30-12-7-6-8-13-30)37(46)42(3)25-21-29-19-23-41-24-20-29/h6-20,23-24,26,34-35H,21-22,25,27-28,40H2,1-5H3/b16-11+/t34-,35-/m1/s1. The molecule has 8 heteroatoms. The molecule has 0 aliphatic rings. The summed E-state index contributed by atoms with van der Waals surface area (Å²) >= 11 is 0. The summed E-state index contributed by atoms with van der Waals surface area (Å²) in [5.74, 6) is -0.775. The lowest BCUT2D eigenvalue weighted by Crippen LogP contribution is -2.56. The Labute approximate surface area is 278 Å². The van der Waals surface area contributed by atoms with Crippen LogP contribution in [0.15, 0.2) is 109 Å². The molecule has 0 aliphatic heterocycles. The van der Waals surface area contributed by atoms with Crippen LogP contribution in [0.5, 0.6) is 0 Å². The molecule has 0 radical (unpaired) electrons. The minimum atomic E-state index is -0.850. The van der Waals surface area contributed by atoms with Gasteiger partial charge in [0.25, 0.3) is 0 Å². The summed E-state index contributed by atoms with van der Waals surface area (Å²) in [6.07, 6.45) is 8.50. The van der Waals surface area contributed by atoms with Gasteiger partial charge in [0.2, 0.25) is 17.7 Å². The smallest absolute Gasteiger partial charge is 0.246 e. The average molecular weight is 634 g/mol. The molecule has 0 fully saturated rings. The molecule has 0 bridgehead atoms. The Morgan fingerprint density at radius 3 is 2.04 bits per heavy atom. The molecular weight excluding hydrogens is 586 g/mol. The molecule has 3 aromatic carbocycles. The van der Waals surface area contributed by atoms with Gasteiger partial charge < -0.3 is 20.4 Å². The van der Waals surface area contributed by atoms with Crippen LogP contribution < -0.4 is 5.73 Å². The van der Waals surface area contributed by atoms with Crippen LogP contribution in [0.2, 0.25) is 0 Å². The van der Waals surface area contributed by atoms with Crippen molar-refractivity contribution >= 4 is 28.5 Å². The van der Waals surface area contributed by atoms with Crippen molar-refractivity contribution in [3.05, 3.63) is 126 Å². The van der Waals surface area contributed by atoms with Crippen LogP contribution in [-0.4, -0.2) is 82.7 Å². The zero-order valence-corrected chi connectivity index (χ0v) is 28.2. The third-order valence-corrected chi connectivity index (χ3v) is 8.48. The number of amides is 3. The van der Waals surface area contributed by atoms with Crippen LogP contribution in [0.3, 0.4) is 0 Å². The normalized spacial score (nSPS) is 12.9. The molecule has 4 rings (SSSR count). The number of hydrogen-bond donors (Lipinski definition) is 1. The first-order valence-corrected chi connectivity index (χ1v) is 16.1. The lowest BCUT2D eigenvalue weighted by Gasteiger charge is -2.36. The van der Waals surface area contributed by atoms with Gasteiger partial charge in [0.05, 0.1) is 0 Å². The highest BCUT2D eigenvalue weighted by molar-refractivity contribution is 5.95. The number of nitrogens with zero attached hydrogens (tertiary/aromatic N) is 4. The number of aromatic nitrogens is 1. The van der Waals surface area contributed by atoms with Gasteiger partial charge in [-0.15, -0.1) is 0 Å². The Morgan fingerprint density at radius 2 is 1.36 bits per heavy atom. The van der Waals surface area contributed by atoms with Crippen LogP contribution in [-0.2, 0) is 33.6 Å². The van der Waals surface area contributed by atoms with Gasteiger partial charge in [-0.05, 0) is 72.4 Å². The first-order chi connectivity index (χ1) is 22.4. The number of carbonyl (C=O) groups is 3. The second-order valence-electron chi connectivity index (χ2n) is 13.0. The third kappa shape index (κ3) is 10.1. The number of fused-ring (bicyclic) bond motifs is 1. The Hall–Kier alpha value is -4.82. The maximum Gasteiger partial charge on any atom is 0.246 e. The minimum absolute atomic E-state index is 0.165. The van der Waals surface area contributed by atoms with Crippen LogP contribution in [0.25, 0.3) is 10.8 Å². The molecule has 47 heavy (non-hydrogen) atoms. The molecule has 8 nitrogen and oxygen atoms in total. The van der Waals surface area contributed by atoms with E-state index in [4.69, 9.17) is 5.73 Å². The summed E-state index contributed by atoms with van der Waals surface area (Å²) in [6, 6.07) is 26.1. The van der Waals surface area contributed by atoms with Crippen molar-refractivity contribution in [2.75, 3.05) is 27.7 Å². The maximum atomic E-state index is 14.5. The van der Waals surface area contributed by atoms with Gasteiger partial charge in [-0.25, -0.2) is 0 Å². The number of pyridine rings is 1. The molecule has 3 amide bonds. The van der Waals surface area contributed by atoms with Crippen LogP contribution in [0.1, 0.15) is 37.0 Å². The van der Waals surface area contributed by atoms with Crippen molar-refractivity contribution in [3.63, 3.8) is 0 Å². The molecule has 0 saturated heterocycles. The first kappa shape index (κ1) is 35.0.